The van der Waals surface area contributed by atoms with Gasteiger partial charge in [-0.15, -0.1) is 11.8 Å². The monoisotopic (exact) mass is 370 g/mol. The Morgan fingerprint density at radius 3 is 2.65 bits per heavy atom. The van der Waals surface area contributed by atoms with Crippen LogP contribution in [0.25, 0.3) is 11.3 Å². The van der Waals surface area contributed by atoms with Gasteiger partial charge in [0.1, 0.15) is 12.3 Å². The van der Waals surface area contributed by atoms with Gasteiger partial charge in [0, 0.05) is 17.7 Å². The van der Waals surface area contributed by atoms with E-state index < -0.39 is 10.9 Å². The number of para-hydroxylation sites is 1. The van der Waals surface area contributed by atoms with Crippen molar-refractivity contribution in [2.45, 2.75) is 11.5 Å². The number of nitrogens with zero attached hydrogens (tertiary/aromatic N) is 2. The van der Waals surface area contributed by atoms with Crippen LogP contribution in [0.2, 0.25) is 0 Å². The predicted octanol–water partition coefficient (Wildman–Crippen LogP) is 4.09. The van der Waals surface area contributed by atoms with Gasteiger partial charge in [0.2, 0.25) is 0 Å². The van der Waals surface area contributed by atoms with Crippen molar-refractivity contribution in [2.24, 2.45) is 0 Å². The van der Waals surface area contributed by atoms with Crippen LogP contribution in [-0.2, 0) is 16.1 Å². The second kappa shape index (κ2) is 8.30. The summed E-state index contributed by atoms with van der Waals surface area (Å²) in [5.41, 5.74) is 1.34. The largest absolute Gasteiger partial charge is 0.458 e. The minimum Gasteiger partial charge on any atom is -0.458 e. The number of hydrogen-bond donors (Lipinski definition) is 0. The highest BCUT2D eigenvalue weighted by atomic mass is 32.2. The van der Waals surface area contributed by atoms with Crippen LogP contribution < -0.4 is 0 Å². The van der Waals surface area contributed by atoms with Gasteiger partial charge in [0.05, 0.1) is 15.6 Å². The number of thioether (sulfide) groups is 1. The molecule has 1 aromatic heterocycles. The molecule has 0 atom stereocenters. The molecule has 0 aliphatic carbocycles. The molecule has 0 aliphatic rings. The fourth-order valence-electron chi connectivity index (χ4n) is 2.18. The summed E-state index contributed by atoms with van der Waals surface area (Å²) in [6.07, 6.45) is 0. The molecule has 0 fully saturated rings. The molecule has 26 heavy (non-hydrogen) atoms. The van der Waals surface area contributed by atoms with Crippen LogP contribution in [0.1, 0.15) is 5.69 Å². The molecule has 0 saturated heterocycles. The molecule has 0 aliphatic heterocycles. The molecule has 8 heteroatoms. The van der Waals surface area contributed by atoms with Crippen molar-refractivity contribution in [1.82, 2.24) is 5.16 Å². The normalized spacial score (nSPS) is 10.5. The number of hydrogen-bond acceptors (Lipinski definition) is 7. The average Bonchev–Trinajstić information content (AvgIpc) is 3.14. The van der Waals surface area contributed by atoms with Crippen LogP contribution in [-0.4, -0.2) is 21.8 Å². The molecule has 0 N–H and O–H groups in total. The Bertz CT molecular complexity index is 911. The van der Waals surface area contributed by atoms with Gasteiger partial charge in [-0.25, -0.2) is 0 Å². The molecular formula is C18H14N2O5S. The average molecular weight is 370 g/mol. The maximum atomic E-state index is 11.9. The van der Waals surface area contributed by atoms with E-state index in [4.69, 9.17) is 9.26 Å². The van der Waals surface area contributed by atoms with Gasteiger partial charge in [-0.2, -0.15) is 0 Å². The van der Waals surface area contributed by atoms with E-state index in [1.165, 1.54) is 6.07 Å². The summed E-state index contributed by atoms with van der Waals surface area (Å²) in [7, 11) is 0. The zero-order chi connectivity index (χ0) is 18.4. The van der Waals surface area contributed by atoms with Crippen molar-refractivity contribution >= 4 is 23.4 Å². The van der Waals surface area contributed by atoms with E-state index in [1.54, 1.807) is 24.3 Å². The Morgan fingerprint density at radius 1 is 1.15 bits per heavy atom. The van der Waals surface area contributed by atoms with Gasteiger partial charge in [-0.3, -0.25) is 14.9 Å². The summed E-state index contributed by atoms with van der Waals surface area (Å²) in [6, 6.07) is 17.4. The lowest BCUT2D eigenvalue weighted by molar-refractivity contribution is -0.387. The SMILES string of the molecule is O=C(CSc1ccccc1[N+](=O)[O-])OCc1cc(-c2ccccc2)on1. The quantitative estimate of drug-likeness (QED) is 0.267. The third-order valence-electron chi connectivity index (χ3n) is 3.41. The zero-order valence-corrected chi connectivity index (χ0v) is 14.3. The lowest BCUT2D eigenvalue weighted by atomic mass is 10.2. The molecule has 3 rings (SSSR count). The standard InChI is InChI=1S/C18H14N2O5S/c21-18(12-26-17-9-5-4-8-15(17)20(22)23)24-11-14-10-16(25-19-14)13-6-2-1-3-7-13/h1-10H,11-12H2. The number of esters is 1. The van der Waals surface area contributed by atoms with Crippen molar-refractivity contribution in [3.05, 3.63) is 76.5 Å². The highest BCUT2D eigenvalue weighted by molar-refractivity contribution is 8.00. The highest BCUT2D eigenvalue weighted by Gasteiger charge is 2.15. The summed E-state index contributed by atoms with van der Waals surface area (Å²) in [6.45, 7) is -0.0212. The van der Waals surface area contributed by atoms with E-state index in [9.17, 15) is 14.9 Å². The number of aromatic nitrogens is 1. The number of carbonyl (C=O) groups excluding carboxylic acids is 1. The molecule has 3 aromatic rings. The maximum Gasteiger partial charge on any atom is 0.316 e. The molecular weight excluding hydrogens is 356 g/mol. The number of ether oxygens (including phenoxy) is 1. The minimum absolute atomic E-state index is 0.0212. The third-order valence-corrected chi connectivity index (χ3v) is 4.44. The lowest BCUT2D eigenvalue weighted by Crippen LogP contribution is -2.07. The molecule has 7 nitrogen and oxygen atoms in total. The molecule has 0 spiro atoms. The molecule has 0 unspecified atom stereocenters. The number of carbonyl (C=O) groups is 1. The summed E-state index contributed by atoms with van der Waals surface area (Å²) in [5.74, 6) is 0.0668. The van der Waals surface area contributed by atoms with Crippen LogP contribution in [0.3, 0.4) is 0 Å². The molecule has 1 heterocycles. The first kappa shape index (κ1) is 17.7. The summed E-state index contributed by atoms with van der Waals surface area (Å²) in [4.78, 5) is 22.8. The molecule has 2 aromatic carbocycles. The zero-order valence-electron chi connectivity index (χ0n) is 13.5. The minimum atomic E-state index is -0.489. The summed E-state index contributed by atoms with van der Waals surface area (Å²) < 4.78 is 10.4. The fraction of sp³-hybridized carbons (Fsp3) is 0.111. The van der Waals surface area contributed by atoms with Crippen LogP contribution in [0.5, 0.6) is 0 Å². The second-order valence-corrected chi connectivity index (χ2v) is 6.24. The number of nitro benzene ring substituents is 1. The fourth-order valence-corrected chi connectivity index (χ4v) is 3.00. The summed E-state index contributed by atoms with van der Waals surface area (Å²) >= 11 is 1.06. The van der Waals surface area contributed by atoms with Crippen LogP contribution in [0.4, 0.5) is 5.69 Å². The van der Waals surface area contributed by atoms with Gasteiger partial charge in [-0.05, 0) is 6.07 Å². The molecule has 132 valence electrons. The van der Waals surface area contributed by atoms with Crippen molar-refractivity contribution in [2.75, 3.05) is 5.75 Å². The van der Waals surface area contributed by atoms with Gasteiger partial charge < -0.3 is 9.26 Å². The highest BCUT2D eigenvalue weighted by Crippen LogP contribution is 2.28. The first-order chi connectivity index (χ1) is 12.6. The maximum absolute atomic E-state index is 11.9. The topological polar surface area (TPSA) is 95.5 Å². The lowest BCUT2D eigenvalue weighted by Gasteiger charge is -2.03. The van der Waals surface area contributed by atoms with E-state index in [1.807, 2.05) is 30.3 Å². The van der Waals surface area contributed by atoms with Crippen LogP contribution >= 0.6 is 11.8 Å². The molecule has 0 radical (unpaired) electrons. The number of benzene rings is 2. The Hall–Kier alpha value is -3.13. The number of nitro groups is 1. The Kier molecular flexibility index (Phi) is 5.65. The van der Waals surface area contributed by atoms with E-state index >= 15 is 0 Å². The van der Waals surface area contributed by atoms with Gasteiger partial charge in [0.25, 0.3) is 5.69 Å². The third kappa shape index (κ3) is 4.48. The first-order valence-corrected chi connectivity index (χ1v) is 8.65. The first-order valence-electron chi connectivity index (χ1n) is 7.66. The van der Waals surface area contributed by atoms with Crippen molar-refractivity contribution in [1.29, 1.82) is 0 Å². The molecule has 0 saturated carbocycles. The summed E-state index contributed by atoms with van der Waals surface area (Å²) in [5, 5.41) is 14.8. The van der Waals surface area contributed by atoms with Crippen molar-refractivity contribution in [3.63, 3.8) is 0 Å². The predicted molar refractivity (Wildman–Crippen MR) is 95.6 cm³/mol. The second-order valence-electron chi connectivity index (χ2n) is 5.22. The van der Waals surface area contributed by atoms with Gasteiger partial charge in [-0.1, -0.05) is 47.6 Å². The van der Waals surface area contributed by atoms with Crippen LogP contribution in [0, 0.1) is 10.1 Å². The Labute approximate surface area is 153 Å². The van der Waals surface area contributed by atoms with E-state index in [-0.39, 0.29) is 18.0 Å². The molecule has 0 amide bonds. The van der Waals surface area contributed by atoms with Gasteiger partial charge in [0.15, 0.2) is 5.76 Å². The van der Waals surface area contributed by atoms with Crippen molar-refractivity contribution < 1.29 is 19.0 Å². The number of rotatable bonds is 7. The smallest absolute Gasteiger partial charge is 0.316 e. The Balaban J connectivity index is 1.52. The van der Waals surface area contributed by atoms with Gasteiger partial charge >= 0.3 is 5.97 Å². The van der Waals surface area contributed by atoms with E-state index in [0.29, 0.717) is 16.3 Å². The molecule has 0 bridgehead atoms. The van der Waals surface area contributed by atoms with E-state index in [0.717, 1.165) is 17.3 Å². The Morgan fingerprint density at radius 2 is 1.88 bits per heavy atom. The van der Waals surface area contributed by atoms with E-state index in [2.05, 4.69) is 5.16 Å². The van der Waals surface area contributed by atoms with Crippen LogP contribution in [0.15, 0.2) is 70.1 Å². The van der Waals surface area contributed by atoms with Crippen molar-refractivity contribution in [3.8, 4) is 11.3 Å².